The number of nitrogens with two attached hydrogens (primary N) is 1. The van der Waals surface area contributed by atoms with Crippen molar-refractivity contribution in [3.63, 3.8) is 0 Å². The van der Waals surface area contributed by atoms with Gasteiger partial charge in [0.1, 0.15) is 16.9 Å². The first-order valence-corrected chi connectivity index (χ1v) is 6.48. The molecule has 3 aromatic rings. The van der Waals surface area contributed by atoms with E-state index in [1.807, 2.05) is 6.07 Å². The summed E-state index contributed by atoms with van der Waals surface area (Å²) in [5.41, 5.74) is 5.96. The molecule has 0 saturated heterocycles. The van der Waals surface area contributed by atoms with Crippen LogP contribution < -0.4 is 16.1 Å². The van der Waals surface area contributed by atoms with E-state index in [9.17, 15) is 9.59 Å². The summed E-state index contributed by atoms with van der Waals surface area (Å²) in [6.45, 7) is 0. The molecule has 112 valence electrons. The Kier molecular flexibility index (Phi) is 3.21. The van der Waals surface area contributed by atoms with Crippen molar-refractivity contribution < 1.29 is 18.7 Å². The molecule has 0 fully saturated rings. The number of fused-ring (bicyclic) bond motifs is 3. The lowest BCUT2D eigenvalue weighted by atomic mass is 10.0. The molecule has 2 N–H and O–H groups in total. The molecule has 0 atom stereocenters. The first kappa shape index (κ1) is 13.9. The summed E-state index contributed by atoms with van der Waals surface area (Å²) in [7, 11) is 2.72. The van der Waals surface area contributed by atoms with Gasteiger partial charge in [0.05, 0.1) is 19.9 Å². The van der Waals surface area contributed by atoms with Crippen LogP contribution in [0, 0.1) is 0 Å². The van der Waals surface area contributed by atoms with E-state index in [2.05, 4.69) is 4.74 Å². The number of hydrogen-bond donors (Lipinski definition) is 1. The fourth-order valence-corrected chi connectivity index (χ4v) is 2.46. The van der Waals surface area contributed by atoms with E-state index in [1.165, 1.54) is 20.3 Å². The summed E-state index contributed by atoms with van der Waals surface area (Å²) >= 11 is 0. The number of methoxy groups -OCH3 is 2. The zero-order valence-electron chi connectivity index (χ0n) is 12.0. The van der Waals surface area contributed by atoms with Gasteiger partial charge in [0.25, 0.3) is 0 Å². The van der Waals surface area contributed by atoms with Crippen LogP contribution in [0.3, 0.4) is 0 Å². The number of hydrogen-bond acceptors (Lipinski definition) is 6. The normalized spacial score (nSPS) is 10.8. The lowest BCUT2D eigenvalue weighted by molar-refractivity contribution is 0.0596. The van der Waals surface area contributed by atoms with Crippen molar-refractivity contribution in [3.8, 4) is 5.75 Å². The summed E-state index contributed by atoms with van der Waals surface area (Å²) in [5.74, 6) is -0.250. The Morgan fingerprint density at radius 3 is 2.59 bits per heavy atom. The summed E-state index contributed by atoms with van der Waals surface area (Å²) in [4.78, 5) is 23.5. The topological polar surface area (TPSA) is 91.8 Å². The van der Waals surface area contributed by atoms with E-state index in [-0.39, 0.29) is 5.56 Å². The zero-order chi connectivity index (χ0) is 15.9. The van der Waals surface area contributed by atoms with Gasteiger partial charge in [-0.05, 0) is 23.6 Å². The highest BCUT2D eigenvalue weighted by Crippen LogP contribution is 2.35. The Bertz CT molecular complexity index is 958. The smallest absolute Gasteiger partial charge is 0.351 e. The molecule has 0 radical (unpaired) electrons. The fraction of sp³-hybridized carbons (Fsp3) is 0.125. The van der Waals surface area contributed by atoms with Crippen molar-refractivity contribution in [1.82, 2.24) is 0 Å². The number of nitrogen functional groups attached to an aromatic ring is 1. The standard InChI is InChI=1S/C16H13NO5/c1-20-12-6-4-8-3-5-11-9(13(8)14(12)17)7-10(15(18)21-2)16(19)22-11/h3-7H,17H2,1-2H3. The average molecular weight is 299 g/mol. The van der Waals surface area contributed by atoms with Crippen molar-refractivity contribution in [1.29, 1.82) is 0 Å². The number of carbonyl (C=O) groups is 1. The molecule has 0 aliphatic rings. The van der Waals surface area contributed by atoms with Crippen molar-refractivity contribution in [3.05, 3.63) is 46.3 Å². The van der Waals surface area contributed by atoms with Gasteiger partial charge < -0.3 is 19.6 Å². The summed E-state index contributed by atoms with van der Waals surface area (Å²) < 4.78 is 15.0. The van der Waals surface area contributed by atoms with Gasteiger partial charge >= 0.3 is 11.6 Å². The maximum absolute atomic E-state index is 11.9. The third-order valence-corrected chi connectivity index (χ3v) is 3.52. The molecule has 1 aromatic heterocycles. The molecule has 6 nitrogen and oxygen atoms in total. The van der Waals surface area contributed by atoms with Crippen LogP contribution in [0.5, 0.6) is 5.75 Å². The maximum atomic E-state index is 11.9. The second-order valence-electron chi connectivity index (χ2n) is 4.70. The number of ether oxygens (including phenoxy) is 2. The van der Waals surface area contributed by atoms with Crippen LogP contribution in [0.4, 0.5) is 5.69 Å². The van der Waals surface area contributed by atoms with Crippen molar-refractivity contribution in [2.45, 2.75) is 0 Å². The van der Waals surface area contributed by atoms with Gasteiger partial charge in [-0.2, -0.15) is 0 Å². The molecule has 0 amide bonds. The molecule has 2 aromatic carbocycles. The number of esters is 1. The predicted octanol–water partition coefficient (Wildman–Crippen LogP) is 2.32. The van der Waals surface area contributed by atoms with E-state index < -0.39 is 11.6 Å². The Balaban J connectivity index is 2.48. The van der Waals surface area contributed by atoms with E-state index in [4.69, 9.17) is 14.9 Å². The summed E-state index contributed by atoms with van der Waals surface area (Å²) in [6.07, 6.45) is 0. The minimum Gasteiger partial charge on any atom is -0.495 e. The van der Waals surface area contributed by atoms with Gasteiger partial charge in [0.15, 0.2) is 0 Å². The maximum Gasteiger partial charge on any atom is 0.351 e. The van der Waals surface area contributed by atoms with Crippen molar-refractivity contribution >= 4 is 33.4 Å². The molecule has 6 heteroatoms. The third-order valence-electron chi connectivity index (χ3n) is 3.52. The fourth-order valence-electron chi connectivity index (χ4n) is 2.46. The molecule has 1 heterocycles. The minimum atomic E-state index is -0.755. The monoisotopic (exact) mass is 299 g/mol. The molecular weight excluding hydrogens is 286 g/mol. The van der Waals surface area contributed by atoms with Crippen LogP contribution in [0.1, 0.15) is 10.4 Å². The largest absolute Gasteiger partial charge is 0.495 e. The second-order valence-corrected chi connectivity index (χ2v) is 4.70. The SMILES string of the molecule is COC(=O)c1cc2c(ccc3ccc(OC)c(N)c32)oc1=O. The summed E-state index contributed by atoms with van der Waals surface area (Å²) in [5, 5.41) is 2.05. The molecular formula is C16H13NO5. The van der Waals surface area contributed by atoms with Gasteiger partial charge in [-0.25, -0.2) is 9.59 Å². The van der Waals surface area contributed by atoms with Gasteiger partial charge in [-0.15, -0.1) is 0 Å². The highest BCUT2D eigenvalue weighted by molar-refractivity contribution is 6.13. The molecule has 0 spiro atoms. The molecule has 0 saturated carbocycles. The van der Waals surface area contributed by atoms with Crippen LogP contribution >= 0.6 is 0 Å². The second kappa shape index (κ2) is 5.07. The lowest BCUT2D eigenvalue weighted by Crippen LogP contribution is -2.15. The Labute approximate surface area is 125 Å². The first-order valence-electron chi connectivity index (χ1n) is 6.48. The molecule has 0 bridgehead atoms. The molecule has 22 heavy (non-hydrogen) atoms. The predicted molar refractivity (Wildman–Crippen MR) is 82.3 cm³/mol. The van der Waals surface area contributed by atoms with E-state index in [0.29, 0.717) is 27.8 Å². The van der Waals surface area contributed by atoms with Crippen LogP contribution in [0.25, 0.3) is 21.7 Å². The molecule has 3 rings (SSSR count). The number of rotatable bonds is 2. The van der Waals surface area contributed by atoms with Crippen LogP contribution in [-0.4, -0.2) is 20.2 Å². The molecule has 0 aliphatic heterocycles. The number of carbonyl (C=O) groups excluding carboxylic acids is 1. The van der Waals surface area contributed by atoms with Gasteiger partial charge in [-0.3, -0.25) is 0 Å². The quantitative estimate of drug-likeness (QED) is 0.338. The third kappa shape index (κ3) is 1.96. The van der Waals surface area contributed by atoms with E-state index >= 15 is 0 Å². The number of anilines is 1. The van der Waals surface area contributed by atoms with Crippen molar-refractivity contribution in [2.75, 3.05) is 20.0 Å². The van der Waals surface area contributed by atoms with Gasteiger partial charge in [0, 0.05) is 10.8 Å². The average Bonchev–Trinajstić information content (AvgIpc) is 2.53. The highest BCUT2D eigenvalue weighted by Gasteiger charge is 2.17. The number of benzene rings is 2. The first-order chi connectivity index (χ1) is 10.6. The highest BCUT2D eigenvalue weighted by atomic mass is 16.5. The lowest BCUT2D eigenvalue weighted by Gasteiger charge is -2.10. The van der Waals surface area contributed by atoms with E-state index in [0.717, 1.165) is 5.39 Å². The molecule has 0 unspecified atom stereocenters. The van der Waals surface area contributed by atoms with Crippen molar-refractivity contribution in [2.24, 2.45) is 0 Å². The van der Waals surface area contributed by atoms with Gasteiger partial charge in [0.2, 0.25) is 0 Å². The Morgan fingerprint density at radius 2 is 1.91 bits per heavy atom. The van der Waals surface area contributed by atoms with Crippen LogP contribution in [0.2, 0.25) is 0 Å². The Morgan fingerprint density at radius 1 is 1.18 bits per heavy atom. The summed E-state index contributed by atoms with van der Waals surface area (Å²) in [6, 6.07) is 8.47. The van der Waals surface area contributed by atoms with Gasteiger partial charge in [-0.1, -0.05) is 12.1 Å². The van der Waals surface area contributed by atoms with Crippen LogP contribution in [0.15, 0.2) is 39.5 Å². The van der Waals surface area contributed by atoms with E-state index in [1.54, 1.807) is 18.2 Å². The Hall–Kier alpha value is -3.02. The van der Waals surface area contributed by atoms with Crippen LogP contribution in [-0.2, 0) is 4.74 Å². The zero-order valence-corrected chi connectivity index (χ0v) is 12.0. The minimum absolute atomic E-state index is 0.176. The molecule has 0 aliphatic carbocycles.